The summed E-state index contributed by atoms with van der Waals surface area (Å²) in [6.07, 6.45) is 3.41. The smallest absolute Gasteiger partial charge is 0.324 e. The lowest BCUT2D eigenvalue weighted by molar-refractivity contribution is -0.129. The maximum absolute atomic E-state index is 12.6. The highest BCUT2D eigenvalue weighted by molar-refractivity contribution is 6.06. The van der Waals surface area contributed by atoms with Gasteiger partial charge in [0.1, 0.15) is 6.04 Å². The number of aromatic nitrogens is 1. The average Bonchev–Trinajstić information content (AvgIpc) is 2.99. The lowest BCUT2D eigenvalue weighted by atomic mass is 10.1. The van der Waals surface area contributed by atoms with Crippen molar-refractivity contribution in [1.29, 1.82) is 0 Å². The molecular weight excluding hydrogens is 376 g/mol. The van der Waals surface area contributed by atoms with E-state index in [1.165, 1.54) is 0 Å². The maximum atomic E-state index is 12.6. The van der Waals surface area contributed by atoms with Crippen LogP contribution in [0.2, 0.25) is 0 Å². The highest BCUT2D eigenvalue weighted by Gasteiger charge is 2.38. The summed E-state index contributed by atoms with van der Waals surface area (Å²) in [5.41, 5.74) is 1.47. The summed E-state index contributed by atoms with van der Waals surface area (Å²) in [5, 5.41) is 5.24. The monoisotopic (exact) mass is 398 g/mol. The second-order valence-corrected chi connectivity index (χ2v) is 6.42. The Morgan fingerprint density at radius 1 is 1.14 bits per heavy atom. The number of rotatable bonds is 8. The zero-order valence-corrected chi connectivity index (χ0v) is 16.2. The van der Waals surface area contributed by atoms with Gasteiger partial charge >= 0.3 is 6.03 Å². The number of methoxy groups -OCH3 is 2. The van der Waals surface area contributed by atoms with Gasteiger partial charge in [0.2, 0.25) is 5.91 Å². The molecule has 3 rings (SSSR count). The van der Waals surface area contributed by atoms with Gasteiger partial charge in [-0.05, 0) is 36.2 Å². The minimum atomic E-state index is -0.880. The van der Waals surface area contributed by atoms with Crippen molar-refractivity contribution in [2.45, 2.75) is 18.9 Å². The van der Waals surface area contributed by atoms with Crippen molar-refractivity contribution in [2.75, 3.05) is 26.1 Å². The predicted molar refractivity (Wildman–Crippen MR) is 105 cm³/mol. The summed E-state index contributed by atoms with van der Waals surface area (Å²) in [5.74, 6) is 0.399. The van der Waals surface area contributed by atoms with Gasteiger partial charge in [-0.1, -0.05) is 6.07 Å². The van der Waals surface area contributed by atoms with Gasteiger partial charge in [-0.2, -0.15) is 0 Å². The number of hydrogen-bond acceptors (Lipinski definition) is 6. The summed E-state index contributed by atoms with van der Waals surface area (Å²) >= 11 is 0. The van der Waals surface area contributed by atoms with Crippen LogP contribution in [0.1, 0.15) is 12.0 Å². The zero-order chi connectivity index (χ0) is 20.8. The van der Waals surface area contributed by atoms with Gasteiger partial charge in [-0.25, -0.2) is 4.79 Å². The number of anilines is 1. The second kappa shape index (κ2) is 9.05. The summed E-state index contributed by atoms with van der Waals surface area (Å²) in [4.78, 5) is 41.9. The Morgan fingerprint density at radius 2 is 1.86 bits per heavy atom. The standard InChI is InChI=1S/C20H22N4O5/c1-28-16-4-3-13(11-17(16)29-2)7-10-24-19(26)15(23-20(24)27)12-18(25)22-14-5-8-21-9-6-14/h3-6,8-9,11,15H,7,10,12H2,1-2H3,(H,23,27)(H,21,22,25)/t15-/m1/s1. The molecule has 4 amide bonds. The number of amides is 4. The molecule has 0 saturated carbocycles. The first-order chi connectivity index (χ1) is 14.0. The van der Waals surface area contributed by atoms with Gasteiger partial charge in [0.25, 0.3) is 5.91 Å². The molecule has 0 spiro atoms. The fraction of sp³-hybridized carbons (Fsp3) is 0.300. The first kappa shape index (κ1) is 20.1. The highest BCUT2D eigenvalue weighted by atomic mass is 16.5. The first-order valence-electron chi connectivity index (χ1n) is 9.04. The Balaban J connectivity index is 1.57. The number of ether oxygens (including phenoxy) is 2. The summed E-state index contributed by atoms with van der Waals surface area (Å²) in [6.45, 7) is 0.197. The number of pyridine rings is 1. The van der Waals surface area contributed by atoms with Crippen LogP contribution in [-0.2, 0) is 16.0 Å². The number of imide groups is 1. The summed E-state index contributed by atoms with van der Waals surface area (Å²) in [7, 11) is 3.09. The number of carbonyl (C=O) groups excluding carboxylic acids is 3. The predicted octanol–water partition coefficient (Wildman–Crippen LogP) is 1.59. The SMILES string of the molecule is COc1ccc(CCN2C(=O)N[C@H](CC(=O)Nc3ccncc3)C2=O)cc1OC. The molecule has 1 aromatic heterocycles. The molecule has 29 heavy (non-hydrogen) atoms. The minimum Gasteiger partial charge on any atom is -0.493 e. The van der Waals surface area contributed by atoms with Crippen LogP contribution >= 0.6 is 0 Å². The fourth-order valence-corrected chi connectivity index (χ4v) is 3.04. The molecule has 0 unspecified atom stereocenters. The van der Waals surface area contributed by atoms with E-state index in [0.717, 1.165) is 10.5 Å². The van der Waals surface area contributed by atoms with E-state index >= 15 is 0 Å². The highest BCUT2D eigenvalue weighted by Crippen LogP contribution is 2.27. The second-order valence-electron chi connectivity index (χ2n) is 6.42. The van der Waals surface area contributed by atoms with Crippen LogP contribution in [0.4, 0.5) is 10.5 Å². The van der Waals surface area contributed by atoms with Gasteiger partial charge in [-0.3, -0.25) is 19.5 Å². The Morgan fingerprint density at radius 3 is 2.55 bits per heavy atom. The molecule has 0 bridgehead atoms. The van der Waals surface area contributed by atoms with E-state index in [1.807, 2.05) is 6.07 Å². The molecule has 1 fully saturated rings. The Kier molecular flexibility index (Phi) is 6.28. The first-order valence-corrected chi connectivity index (χ1v) is 9.04. The van der Waals surface area contributed by atoms with Crippen LogP contribution in [0.15, 0.2) is 42.7 Å². The lowest BCUT2D eigenvalue weighted by Crippen LogP contribution is -2.34. The third kappa shape index (κ3) is 4.81. The molecule has 152 valence electrons. The van der Waals surface area contributed by atoms with Crippen molar-refractivity contribution in [1.82, 2.24) is 15.2 Å². The van der Waals surface area contributed by atoms with Crippen LogP contribution < -0.4 is 20.1 Å². The average molecular weight is 398 g/mol. The van der Waals surface area contributed by atoms with Crippen molar-refractivity contribution in [2.24, 2.45) is 0 Å². The quantitative estimate of drug-likeness (QED) is 0.654. The number of benzene rings is 1. The molecule has 9 heteroatoms. The van der Waals surface area contributed by atoms with E-state index in [9.17, 15) is 14.4 Å². The number of nitrogens with one attached hydrogen (secondary N) is 2. The summed E-state index contributed by atoms with van der Waals surface area (Å²) in [6, 6.07) is 7.32. The molecule has 1 aliphatic rings. The van der Waals surface area contributed by atoms with Crippen LogP contribution in [0.25, 0.3) is 0 Å². The number of urea groups is 1. The number of hydrogen-bond donors (Lipinski definition) is 2. The summed E-state index contributed by atoms with van der Waals surface area (Å²) < 4.78 is 10.5. The largest absolute Gasteiger partial charge is 0.493 e. The van der Waals surface area contributed by atoms with Crippen LogP contribution in [0.3, 0.4) is 0 Å². The molecule has 0 radical (unpaired) electrons. The van der Waals surface area contributed by atoms with E-state index in [-0.39, 0.29) is 18.9 Å². The third-order valence-corrected chi connectivity index (χ3v) is 4.53. The molecule has 0 aliphatic carbocycles. The number of carbonyl (C=O) groups is 3. The molecule has 2 heterocycles. The Hall–Kier alpha value is -3.62. The zero-order valence-electron chi connectivity index (χ0n) is 16.2. The molecule has 1 atom stereocenters. The van der Waals surface area contributed by atoms with Crippen molar-refractivity contribution in [3.05, 3.63) is 48.3 Å². The van der Waals surface area contributed by atoms with Gasteiger partial charge < -0.3 is 20.1 Å². The van der Waals surface area contributed by atoms with Crippen molar-refractivity contribution in [3.63, 3.8) is 0 Å². The fourth-order valence-electron chi connectivity index (χ4n) is 3.04. The van der Waals surface area contributed by atoms with Crippen molar-refractivity contribution in [3.8, 4) is 11.5 Å². The van der Waals surface area contributed by atoms with E-state index in [4.69, 9.17) is 9.47 Å². The molecule has 2 N–H and O–H groups in total. The molecular formula is C20H22N4O5. The van der Waals surface area contributed by atoms with E-state index in [0.29, 0.717) is 23.6 Å². The maximum Gasteiger partial charge on any atom is 0.324 e. The lowest BCUT2D eigenvalue weighted by Gasteiger charge is -2.14. The van der Waals surface area contributed by atoms with E-state index in [1.54, 1.807) is 50.9 Å². The molecule has 9 nitrogen and oxygen atoms in total. The van der Waals surface area contributed by atoms with Crippen LogP contribution in [0, 0.1) is 0 Å². The Labute approximate surface area is 168 Å². The van der Waals surface area contributed by atoms with Gasteiger partial charge in [0.05, 0.1) is 20.6 Å². The molecule has 1 aliphatic heterocycles. The van der Waals surface area contributed by atoms with E-state index < -0.39 is 18.0 Å². The molecule has 2 aromatic rings. The van der Waals surface area contributed by atoms with Crippen molar-refractivity contribution >= 4 is 23.5 Å². The minimum absolute atomic E-state index is 0.139. The molecule has 1 saturated heterocycles. The van der Waals surface area contributed by atoms with Crippen LogP contribution in [0.5, 0.6) is 11.5 Å². The van der Waals surface area contributed by atoms with Gasteiger partial charge in [0, 0.05) is 24.6 Å². The normalized spacial score (nSPS) is 15.8. The van der Waals surface area contributed by atoms with Crippen LogP contribution in [-0.4, -0.2) is 54.5 Å². The topological polar surface area (TPSA) is 110 Å². The van der Waals surface area contributed by atoms with E-state index in [2.05, 4.69) is 15.6 Å². The number of nitrogens with zero attached hydrogens (tertiary/aromatic N) is 2. The Bertz CT molecular complexity index is 903. The van der Waals surface area contributed by atoms with Gasteiger partial charge in [0.15, 0.2) is 11.5 Å². The van der Waals surface area contributed by atoms with Gasteiger partial charge in [-0.15, -0.1) is 0 Å². The van der Waals surface area contributed by atoms with Crippen molar-refractivity contribution < 1.29 is 23.9 Å². The molecule has 1 aromatic carbocycles. The third-order valence-electron chi connectivity index (χ3n) is 4.53.